The Hall–Kier alpha value is -1.07. The molecule has 0 saturated carbocycles. The maximum atomic E-state index is 12.0. The van der Waals surface area contributed by atoms with E-state index < -0.39 is 10.1 Å². The molecule has 0 saturated heterocycles. The average Bonchev–Trinajstić information content (AvgIpc) is 2.42. The highest BCUT2D eigenvalue weighted by atomic mass is 32.2. The number of hydrogen-bond acceptors (Lipinski definition) is 4. The molecular weight excluding hydrogens is 264 g/mol. The molecular formula is C14H22O4S. The molecule has 1 rings (SSSR count). The Morgan fingerprint density at radius 2 is 1.74 bits per heavy atom. The lowest BCUT2D eigenvalue weighted by Crippen LogP contribution is -2.09. The topological polar surface area (TPSA) is 52.6 Å². The van der Waals surface area contributed by atoms with Gasteiger partial charge in [-0.2, -0.15) is 8.42 Å². The van der Waals surface area contributed by atoms with Gasteiger partial charge in [0.1, 0.15) is 10.6 Å². The van der Waals surface area contributed by atoms with Gasteiger partial charge in [-0.3, -0.25) is 4.18 Å². The molecule has 4 nitrogen and oxygen atoms in total. The molecule has 1 aromatic carbocycles. The van der Waals surface area contributed by atoms with E-state index in [0.717, 1.165) is 19.3 Å². The van der Waals surface area contributed by atoms with Crippen LogP contribution in [0.25, 0.3) is 0 Å². The summed E-state index contributed by atoms with van der Waals surface area (Å²) in [6.07, 6.45) is 5.22. The monoisotopic (exact) mass is 286 g/mol. The van der Waals surface area contributed by atoms with Gasteiger partial charge in [-0.1, -0.05) is 44.7 Å². The quantitative estimate of drug-likeness (QED) is 0.516. The fourth-order valence-corrected chi connectivity index (χ4v) is 2.87. The lowest BCUT2D eigenvalue weighted by Gasteiger charge is -2.09. The van der Waals surface area contributed by atoms with Crippen LogP contribution >= 0.6 is 0 Å². The van der Waals surface area contributed by atoms with E-state index in [1.54, 1.807) is 18.2 Å². The Labute approximate surface area is 115 Å². The van der Waals surface area contributed by atoms with Gasteiger partial charge >= 0.3 is 10.1 Å². The number of methoxy groups -OCH3 is 1. The van der Waals surface area contributed by atoms with E-state index in [1.807, 2.05) is 0 Å². The van der Waals surface area contributed by atoms with Crippen LogP contribution in [-0.2, 0) is 14.3 Å². The molecule has 0 aliphatic carbocycles. The predicted octanol–water partition coefficient (Wildman–Crippen LogP) is 3.37. The summed E-state index contributed by atoms with van der Waals surface area (Å²) < 4.78 is 34.1. The van der Waals surface area contributed by atoms with Crippen LogP contribution in [0.1, 0.15) is 39.0 Å². The molecule has 0 aliphatic heterocycles. The Morgan fingerprint density at radius 3 is 2.42 bits per heavy atom. The van der Waals surface area contributed by atoms with Crippen molar-refractivity contribution >= 4 is 10.1 Å². The van der Waals surface area contributed by atoms with Crippen LogP contribution in [0, 0.1) is 0 Å². The summed E-state index contributed by atoms with van der Waals surface area (Å²) in [7, 11) is -2.28. The minimum atomic E-state index is -3.72. The van der Waals surface area contributed by atoms with Crippen LogP contribution < -0.4 is 4.74 Å². The fourth-order valence-electron chi connectivity index (χ4n) is 1.76. The van der Waals surface area contributed by atoms with Gasteiger partial charge in [0.15, 0.2) is 0 Å². The van der Waals surface area contributed by atoms with Gasteiger partial charge in [-0.05, 0) is 18.6 Å². The van der Waals surface area contributed by atoms with E-state index in [4.69, 9.17) is 8.92 Å². The first-order chi connectivity index (χ1) is 9.11. The lowest BCUT2D eigenvalue weighted by atomic mass is 10.2. The van der Waals surface area contributed by atoms with Crippen LogP contribution in [0.2, 0.25) is 0 Å². The van der Waals surface area contributed by atoms with Crippen molar-refractivity contribution in [3.05, 3.63) is 24.3 Å². The van der Waals surface area contributed by atoms with Crippen molar-refractivity contribution in [2.45, 2.75) is 43.9 Å². The Morgan fingerprint density at radius 1 is 1.05 bits per heavy atom. The van der Waals surface area contributed by atoms with Gasteiger partial charge in [0.05, 0.1) is 13.7 Å². The smallest absolute Gasteiger partial charge is 0.300 e. The number of benzene rings is 1. The summed E-state index contributed by atoms with van der Waals surface area (Å²) >= 11 is 0. The third-order valence-electron chi connectivity index (χ3n) is 2.82. The van der Waals surface area contributed by atoms with Gasteiger partial charge < -0.3 is 4.74 Å². The van der Waals surface area contributed by atoms with Crippen molar-refractivity contribution in [2.24, 2.45) is 0 Å². The molecule has 0 amide bonds. The van der Waals surface area contributed by atoms with E-state index in [0.29, 0.717) is 5.75 Å². The molecule has 19 heavy (non-hydrogen) atoms. The average molecular weight is 286 g/mol. The van der Waals surface area contributed by atoms with E-state index in [9.17, 15) is 8.42 Å². The SMILES string of the molecule is CCCCCCCOS(=O)(=O)c1ccccc1OC. The second kappa shape index (κ2) is 8.17. The zero-order valence-electron chi connectivity index (χ0n) is 11.6. The van der Waals surface area contributed by atoms with Gasteiger partial charge in [-0.25, -0.2) is 0 Å². The summed E-state index contributed by atoms with van der Waals surface area (Å²) in [5, 5.41) is 0. The molecule has 1 aromatic rings. The van der Waals surface area contributed by atoms with Gasteiger partial charge in [0, 0.05) is 0 Å². The maximum absolute atomic E-state index is 12.0. The third-order valence-corrected chi connectivity index (χ3v) is 4.18. The van der Waals surface area contributed by atoms with Gasteiger partial charge in [-0.15, -0.1) is 0 Å². The van der Waals surface area contributed by atoms with Crippen molar-refractivity contribution in [1.82, 2.24) is 0 Å². The van der Waals surface area contributed by atoms with E-state index in [2.05, 4.69) is 6.92 Å². The predicted molar refractivity (Wildman–Crippen MR) is 74.9 cm³/mol. The molecule has 0 N–H and O–H groups in total. The van der Waals surface area contributed by atoms with E-state index >= 15 is 0 Å². The van der Waals surface area contributed by atoms with Crippen molar-refractivity contribution in [3.63, 3.8) is 0 Å². The summed E-state index contributed by atoms with van der Waals surface area (Å²) in [5.41, 5.74) is 0. The minimum absolute atomic E-state index is 0.0889. The maximum Gasteiger partial charge on any atom is 0.300 e. The zero-order valence-corrected chi connectivity index (χ0v) is 12.4. The molecule has 0 fully saturated rings. The number of hydrogen-bond donors (Lipinski definition) is 0. The van der Waals surface area contributed by atoms with Crippen molar-refractivity contribution in [1.29, 1.82) is 0 Å². The molecule has 0 aromatic heterocycles. The zero-order chi connectivity index (χ0) is 14.1. The number of unbranched alkanes of at least 4 members (excludes halogenated alkanes) is 4. The third kappa shape index (κ3) is 5.20. The van der Waals surface area contributed by atoms with Crippen molar-refractivity contribution < 1.29 is 17.3 Å². The Bertz CT molecular complexity index is 468. The summed E-state index contributed by atoms with van der Waals surface area (Å²) in [6.45, 7) is 2.37. The highest BCUT2D eigenvalue weighted by molar-refractivity contribution is 7.86. The lowest BCUT2D eigenvalue weighted by molar-refractivity contribution is 0.303. The van der Waals surface area contributed by atoms with E-state index in [-0.39, 0.29) is 11.5 Å². The molecule has 0 heterocycles. The van der Waals surface area contributed by atoms with Crippen molar-refractivity contribution in [2.75, 3.05) is 13.7 Å². The van der Waals surface area contributed by atoms with Crippen LogP contribution in [0.15, 0.2) is 29.2 Å². The van der Waals surface area contributed by atoms with Crippen LogP contribution in [0.3, 0.4) is 0 Å². The number of rotatable bonds is 9. The molecule has 0 unspecified atom stereocenters. The second-order valence-electron chi connectivity index (χ2n) is 4.34. The molecule has 5 heteroatoms. The van der Waals surface area contributed by atoms with Crippen molar-refractivity contribution in [3.8, 4) is 5.75 Å². The highest BCUT2D eigenvalue weighted by Crippen LogP contribution is 2.24. The number of ether oxygens (including phenoxy) is 1. The fraction of sp³-hybridized carbons (Fsp3) is 0.571. The first-order valence-electron chi connectivity index (χ1n) is 6.64. The standard InChI is InChI=1S/C14H22O4S/c1-3-4-5-6-9-12-18-19(15,16)14-11-8-7-10-13(14)17-2/h7-8,10-11H,3-6,9,12H2,1-2H3. The summed E-state index contributed by atoms with van der Waals surface area (Å²) in [4.78, 5) is 0.0889. The summed E-state index contributed by atoms with van der Waals surface area (Å²) in [6, 6.07) is 6.48. The van der Waals surface area contributed by atoms with E-state index in [1.165, 1.54) is 26.0 Å². The molecule has 0 atom stereocenters. The number of para-hydroxylation sites is 1. The first-order valence-corrected chi connectivity index (χ1v) is 8.05. The van der Waals surface area contributed by atoms with Crippen LogP contribution in [-0.4, -0.2) is 22.1 Å². The minimum Gasteiger partial charge on any atom is -0.495 e. The molecule has 0 aliphatic rings. The largest absolute Gasteiger partial charge is 0.495 e. The second-order valence-corrected chi connectivity index (χ2v) is 5.92. The first kappa shape index (κ1) is 16.0. The molecule has 0 bridgehead atoms. The van der Waals surface area contributed by atoms with Crippen LogP contribution in [0.4, 0.5) is 0 Å². The highest BCUT2D eigenvalue weighted by Gasteiger charge is 2.19. The molecule has 0 spiro atoms. The van der Waals surface area contributed by atoms with Gasteiger partial charge in [0.2, 0.25) is 0 Å². The molecule has 108 valence electrons. The van der Waals surface area contributed by atoms with Crippen LogP contribution in [0.5, 0.6) is 5.75 Å². The molecule has 0 radical (unpaired) electrons. The Balaban J connectivity index is 2.52. The van der Waals surface area contributed by atoms with Gasteiger partial charge in [0.25, 0.3) is 0 Å². The normalized spacial score (nSPS) is 11.5. The summed E-state index contributed by atoms with van der Waals surface area (Å²) in [5.74, 6) is 0.313. The Kier molecular flexibility index (Phi) is 6.87.